The first-order valence-electron chi connectivity index (χ1n) is 6.13. The van der Waals surface area contributed by atoms with Crippen LogP contribution in [0.4, 0.5) is 0 Å². The molecule has 2 heteroatoms. The zero-order valence-corrected chi connectivity index (χ0v) is 11.5. The quantitative estimate of drug-likeness (QED) is 0.755. The van der Waals surface area contributed by atoms with Crippen molar-refractivity contribution in [3.8, 4) is 0 Å². The molecule has 3 rings (SSSR count). The number of halogens is 1. The maximum atomic E-state index is 11.9. The first kappa shape index (κ1) is 11.7. The molecule has 1 unspecified atom stereocenters. The molecule has 2 aromatic rings. The molecule has 0 N–H and O–H groups in total. The van der Waals surface area contributed by atoms with Crippen LogP contribution in [-0.4, -0.2) is 5.78 Å². The van der Waals surface area contributed by atoms with Gasteiger partial charge >= 0.3 is 0 Å². The molecule has 0 heterocycles. The summed E-state index contributed by atoms with van der Waals surface area (Å²) in [4.78, 5) is 11.9. The van der Waals surface area contributed by atoms with Gasteiger partial charge in [0, 0.05) is 22.4 Å². The van der Waals surface area contributed by atoms with Crippen molar-refractivity contribution in [2.45, 2.75) is 18.8 Å². The van der Waals surface area contributed by atoms with Crippen molar-refractivity contribution in [1.82, 2.24) is 0 Å². The van der Waals surface area contributed by atoms with E-state index < -0.39 is 0 Å². The predicted molar refractivity (Wildman–Crippen MR) is 76.0 cm³/mol. The Hall–Kier alpha value is -1.41. The van der Waals surface area contributed by atoms with Gasteiger partial charge in [-0.25, -0.2) is 0 Å². The Morgan fingerprint density at radius 1 is 1.06 bits per heavy atom. The minimum absolute atomic E-state index is 0.275. The molecule has 0 radical (unpaired) electrons. The summed E-state index contributed by atoms with van der Waals surface area (Å²) in [6.07, 6.45) is 1.56. The zero-order valence-electron chi connectivity index (χ0n) is 9.90. The number of rotatable bonds is 1. The van der Waals surface area contributed by atoms with Crippen LogP contribution in [0.2, 0.25) is 0 Å². The van der Waals surface area contributed by atoms with Crippen LogP contribution in [0.3, 0.4) is 0 Å². The Morgan fingerprint density at radius 2 is 1.89 bits per heavy atom. The molecule has 0 bridgehead atoms. The van der Waals surface area contributed by atoms with E-state index in [9.17, 15) is 4.79 Å². The molecule has 1 atom stereocenters. The molecule has 0 saturated carbocycles. The summed E-state index contributed by atoms with van der Waals surface area (Å²) in [5.74, 6) is 0.619. The largest absolute Gasteiger partial charge is 0.294 e. The minimum atomic E-state index is 0.275. The third kappa shape index (κ3) is 2.01. The van der Waals surface area contributed by atoms with Crippen LogP contribution in [0.5, 0.6) is 0 Å². The topological polar surface area (TPSA) is 17.1 Å². The summed E-state index contributed by atoms with van der Waals surface area (Å²) in [6.45, 7) is 0. The fraction of sp³-hybridized carbons (Fsp3) is 0.188. The normalized spacial score (nSPS) is 18.5. The second-order valence-corrected chi connectivity index (χ2v) is 5.57. The van der Waals surface area contributed by atoms with Crippen LogP contribution in [0.25, 0.3) is 0 Å². The number of benzene rings is 2. The van der Waals surface area contributed by atoms with Gasteiger partial charge in [-0.2, -0.15) is 0 Å². The number of ketones is 1. The molecule has 0 fully saturated rings. The fourth-order valence-corrected chi connectivity index (χ4v) is 3.11. The zero-order chi connectivity index (χ0) is 12.5. The van der Waals surface area contributed by atoms with E-state index in [-0.39, 0.29) is 5.78 Å². The molecule has 0 aliphatic heterocycles. The Bertz CT molecular complexity index is 604. The minimum Gasteiger partial charge on any atom is -0.294 e. The predicted octanol–water partition coefficient (Wildman–Crippen LogP) is 4.56. The monoisotopic (exact) mass is 300 g/mol. The smallest absolute Gasteiger partial charge is 0.163 e. The van der Waals surface area contributed by atoms with Crippen molar-refractivity contribution >= 4 is 21.7 Å². The lowest BCUT2D eigenvalue weighted by atomic mass is 9.78. The van der Waals surface area contributed by atoms with Crippen molar-refractivity contribution in [2.24, 2.45) is 0 Å². The highest BCUT2D eigenvalue weighted by Crippen LogP contribution is 2.37. The molecular formula is C16H13BrO. The van der Waals surface area contributed by atoms with E-state index in [2.05, 4.69) is 40.2 Å². The maximum absolute atomic E-state index is 11.9. The number of carbonyl (C=O) groups excluding carboxylic acids is 1. The van der Waals surface area contributed by atoms with Crippen LogP contribution in [0, 0.1) is 0 Å². The van der Waals surface area contributed by atoms with E-state index >= 15 is 0 Å². The molecule has 0 aromatic heterocycles. The van der Waals surface area contributed by atoms with Crippen molar-refractivity contribution in [3.63, 3.8) is 0 Å². The molecular weight excluding hydrogens is 288 g/mol. The Morgan fingerprint density at radius 3 is 2.72 bits per heavy atom. The SMILES string of the molecule is O=C1CCC(c2cccc(Br)c2)c2ccccc21. The summed E-state index contributed by atoms with van der Waals surface area (Å²) in [5.41, 5.74) is 3.35. The van der Waals surface area contributed by atoms with Gasteiger partial charge in [-0.3, -0.25) is 4.79 Å². The summed E-state index contributed by atoms with van der Waals surface area (Å²) in [7, 11) is 0. The fourth-order valence-electron chi connectivity index (χ4n) is 2.69. The van der Waals surface area contributed by atoms with E-state index in [1.54, 1.807) is 0 Å². The van der Waals surface area contributed by atoms with Gasteiger partial charge in [0.2, 0.25) is 0 Å². The Labute approximate surface area is 115 Å². The van der Waals surface area contributed by atoms with E-state index in [0.29, 0.717) is 12.3 Å². The lowest BCUT2D eigenvalue weighted by Crippen LogP contribution is -2.16. The Kier molecular flexibility index (Phi) is 3.04. The van der Waals surface area contributed by atoms with Crippen molar-refractivity contribution in [3.05, 3.63) is 69.7 Å². The van der Waals surface area contributed by atoms with E-state index in [0.717, 1.165) is 16.5 Å². The summed E-state index contributed by atoms with van der Waals surface area (Å²) >= 11 is 3.51. The van der Waals surface area contributed by atoms with Gasteiger partial charge in [0.05, 0.1) is 0 Å². The highest BCUT2D eigenvalue weighted by molar-refractivity contribution is 9.10. The third-order valence-electron chi connectivity index (χ3n) is 3.55. The van der Waals surface area contributed by atoms with E-state index in [1.807, 2.05) is 24.3 Å². The van der Waals surface area contributed by atoms with Crippen LogP contribution in [0.15, 0.2) is 53.0 Å². The second-order valence-electron chi connectivity index (χ2n) is 4.66. The first-order chi connectivity index (χ1) is 8.75. The van der Waals surface area contributed by atoms with Gasteiger partial charge in [-0.1, -0.05) is 52.3 Å². The summed E-state index contributed by atoms with van der Waals surface area (Å²) in [6, 6.07) is 16.4. The number of hydrogen-bond donors (Lipinski definition) is 0. The van der Waals surface area contributed by atoms with E-state index in [1.165, 1.54) is 11.1 Å². The average molecular weight is 301 g/mol. The summed E-state index contributed by atoms with van der Waals surface area (Å²) in [5, 5.41) is 0. The lowest BCUT2D eigenvalue weighted by Gasteiger charge is -2.25. The standard InChI is InChI=1S/C16H13BrO/c17-12-5-3-4-11(10-12)13-8-9-16(18)15-7-2-1-6-14(13)15/h1-7,10,13H,8-9H2. The highest BCUT2D eigenvalue weighted by atomic mass is 79.9. The molecule has 18 heavy (non-hydrogen) atoms. The molecule has 2 aromatic carbocycles. The molecule has 90 valence electrons. The Balaban J connectivity index is 2.10. The molecule has 1 aliphatic rings. The molecule has 0 spiro atoms. The van der Waals surface area contributed by atoms with E-state index in [4.69, 9.17) is 0 Å². The number of Topliss-reactive ketones (excluding diaryl/α,β-unsaturated/α-hetero) is 1. The average Bonchev–Trinajstić information content (AvgIpc) is 2.39. The van der Waals surface area contributed by atoms with Crippen molar-refractivity contribution < 1.29 is 4.79 Å². The number of carbonyl (C=O) groups is 1. The summed E-state index contributed by atoms with van der Waals surface area (Å²) < 4.78 is 1.09. The van der Waals surface area contributed by atoms with Gasteiger partial charge in [-0.15, -0.1) is 0 Å². The second kappa shape index (κ2) is 4.69. The maximum Gasteiger partial charge on any atom is 0.163 e. The van der Waals surface area contributed by atoms with Gasteiger partial charge in [-0.05, 0) is 29.7 Å². The van der Waals surface area contributed by atoms with Gasteiger partial charge in [0.25, 0.3) is 0 Å². The molecule has 0 amide bonds. The van der Waals surface area contributed by atoms with Crippen molar-refractivity contribution in [2.75, 3.05) is 0 Å². The molecule has 1 aliphatic carbocycles. The van der Waals surface area contributed by atoms with Crippen LogP contribution in [-0.2, 0) is 0 Å². The molecule has 1 nitrogen and oxygen atoms in total. The highest BCUT2D eigenvalue weighted by Gasteiger charge is 2.26. The van der Waals surface area contributed by atoms with Crippen LogP contribution in [0.1, 0.15) is 40.2 Å². The number of fused-ring (bicyclic) bond motifs is 1. The van der Waals surface area contributed by atoms with Gasteiger partial charge in [0.1, 0.15) is 0 Å². The van der Waals surface area contributed by atoms with Gasteiger partial charge in [0.15, 0.2) is 5.78 Å². The van der Waals surface area contributed by atoms with Gasteiger partial charge < -0.3 is 0 Å². The molecule has 0 saturated heterocycles. The van der Waals surface area contributed by atoms with Crippen LogP contribution < -0.4 is 0 Å². The third-order valence-corrected chi connectivity index (χ3v) is 4.04. The number of hydrogen-bond acceptors (Lipinski definition) is 1. The first-order valence-corrected chi connectivity index (χ1v) is 6.92. The van der Waals surface area contributed by atoms with Crippen molar-refractivity contribution in [1.29, 1.82) is 0 Å². The van der Waals surface area contributed by atoms with Crippen LogP contribution >= 0.6 is 15.9 Å². The lowest BCUT2D eigenvalue weighted by molar-refractivity contribution is 0.0969.